The van der Waals surface area contributed by atoms with Crippen molar-refractivity contribution in [2.75, 3.05) is 5.73 Å². The molecule has 0 saturated heterocycles. The van der Waals surface area contributed by atoms with Crippen molar-refractivity contribution in [3.8, 4) is 11.1 Å². The number of ether oxygens (including phenoxy) is 2. The Balaban J connectivity index is 2.63. The van der Waals surface area contributed by atoms with Crippen LogP contribution in [0.1, 0.15) is 62.3 Å². The molecule has 5 heteroatoms. The highest BCUT2D eigenvalue weighted by molar-refractivity contribution is 6.15. The van der Waals surface area contributed by atoms with Gasteiger partial charge in [0.2, 0.25) is 0 Å². The highest BCUT2D eigenvalue weighted by atomic mass is 16.6. The molecule has 5 nitrogen and oxygen atoms in total. The Morgan fingerprint density at radius 2 is 1.12 bits per heavy atom. The normalized spacial score (nSPS) is 12.1. The Hall–Kier alpha value is -2.56. The fourth-order valence-corrected chi connectivity index (χ4v) is 2.50. The number of rotatable bonds is 2. The summed E-state index contributed by atoms with van der Waals surface area (Å²) >= 11 is 0. The van der Waals surface area contributed by atoms with Crippen molar-refractivity contribution in [3.05, 3.63) is 41.5 Å². The molecule has 2 aliphatic carbocycles. The summed E-state index contributed by atoms with van der Waals surface area (Å²) in [5, 5.41) is 0. The van der Waals surface area contributed by atoms with Crippen LogP contribution in [0.3, 0.4) is 0 Å². The van der Waals surface area contributed by atoms with Crippen LogP contribution in [-0.2, 0) is 9.47 Å². The van der Waals surface area contributed by atoms with E-state index >= 15 is 0 Å². The van der Waals surface area contributed by atoms with E-state index in [9.17, 15) is 9.59 Å². The van der Waals surface area contributed by atoms with E-state index in [1.165, 1.54) is 0 Å². The summed E-state index contributed by atoms with van der Waals surface area (Å²) in [6.45, 7) is 10.7. The molecule has 25 heavy (non-hydrogen) atoms. The first-order valence-corrected chi connectivity index (χ1v) is 8.17. The van der Waals surface area contributed by atoms with E-state index in [1.54, 1.807) is 65.8 Å². The molecular weight excluding hydrogens is 318 g/mol. The summed E-state index contributed by atoms with van der Waals surface area (Å²) in [5.41, 5.74) is 6.47. The SMILES string of the molecule is CC(C)(C)OC(=O)c1c2cccccc-2c(C(=O)OC(C)(C)C)c1N. The zero-order valence-electron chi connectivity index (χ0n) is 15.6. The number of carbonyl (C=O) groups is 2. The molecule has 2 aliphatic rings. The second-order valence-corrected chi connectivity index (χ2v) is 7.91. The van der Waals surface area contributed by atoms with E-state index in [1.807, 2.05) is 6.07 Å². The second kappa shape index (κ2) is 6.39. The average molecular weight is 343 g/mol. The summed E-state index contributed by atoms with van der Waals surface area (Å²) in [6.07, 6.45) is 0. The molecule has 0 aliphatic heterocycles. The first-order chi connectivity index (χ1) is 11.4. The van der Waals surface area contributed by atoms with Crippen molar-refractivity contribution < 1.29 is 19.1 Å². The number of hydrogen-bond donors (Lipinski definition) is 1. The van der Waals surface area contributed by atoms with Crippen molar-refractivity contribution in [1.82, 2.24) is 0 Å². The Morgan fingerprint density at radius 3 is 1.44 bits per heavy atom. The molecule has 0 fully saturated rings. The molecule has 0 unspecified atom stereocenters. The molecule has 0 aromatic carbocycles. The van der Waals surface area contributed by atoms with Gasteiger partial charge in [0.15, 0.2) is 0 Å². The lowest BCUT2D eigenvalue weighted by Crippen LogP contribution is -2.25. The average Bonchev–Trinajstić information content (AvgIpc) is 2.54. The Bertz CT molecular complexity index is 719. The first-order valence-electron chi connectivity index (χ1n) is 8.17. The maximum atomic E-state index is 12.7. The van der Waals surface area contributed by atoms with E-state index < -0.39 is 23.1 Å². The highest BCUT2D eigenvalue weighted by Gasteiger charge is 2.33. The molecule has 0 heterocycles. The van der Waals surface area contributed by atoms with Crippen LogP contribution in [0.2, 0.25) is 0 Å². The Labute approximate surface area is 148 Å². The lowest BCUT2D eigenvalue weighted by atomic mass is 10.1. The molecule has 0 radical (unpaired) electrons. The van der Waals surface area contributed by atoms with E-state index in [2.05, 4.69) is 0 Å². The largest absolute Gasteiger partial charge is 0.456 e. The standard InChI is InChI=1S/C20H25NO4/c1-19(2,3)24-17(22)14-12-10-8-7-9-11-13(12)15(16(14)21)18(23)25-20(4,5)6/h7-11H,21H2,1-6H3. The van der Waals surface area contributed by atoms with Gasteiger partial charge >= 0.3 is 11.9 Å². The van der Waals surface area contributed by atoms with Gasteiger partial charge in [-0.2, -0.15) is 0 Å². The van der Waals surface area contributed by atoms with Gasteiger partial charge in [-0.05, 0) is 52.7 Å². The smallest absolute Gasteiger partial charge is 0.341 e. The van der Waals surface area contributed by atoms with Gasteiger partial charge in [0.05, 0.1) is 16.8 Å². The van der Waals surface area contributed by atoms with Crippen LogP contribution in [0.5, 0.6) is 0 Å². The molecule has 0 atom stereocenters. The summed E-state index contributed by atoms with van der Waals surface area (Å²) < 4.78 is 10.9. The maximum absolute atomic E-state index is 12.7. The third-order valence-electron chi connectivity index (χ3n) is 3.32. The number of nitrogens with two attached hydrogens (primary N) is 1. The van der Waals surface area contributed by atoms with Gasteiger partial charge < -0.3 is 15.2 Å². The maximum Gasteiger partial charge on any atom is 0.341 e. The third kappa shape index (κ3) is 4.29. The van der Waals surface area contributed by atoms with Crippen molar-refractivity contribution in [1.29, 1.82) is 0 Å². The van der Waals surface area contributed by atoms with Crippen LogP contribution in [0.15, 0.2) is 30.3 Å². The minimum absolute atomic E-state index is 0.0877. The Morgan fingerprint density at radius 1 is 0.760 bits per heavy atom. The third-order valence-corrected chi connectivity index (χ3v) is 3.32. The molecule has 0 spiro atoms. The summed E-state index contributed by atoms with van der Waals surface area (Å²) in [5.74, 6) is -1.12. The number of esters is 2. The van der Waals surface area contributed by atoms with Gasteiger partial charge in [0.25, 0.3) is 0 Å². The van der Waals surface area contributed by atoms with Crippen LogP contribution < -0.4 is 5.73 Å². The van der Waals surface area contributed by atoms with Crippen molar-refractivity contribution in [3.63, 3.8) is 0 Å². The predicted molar refractivity (Wildman–Crippen MR) is 97.8 cm³/mol. The first kappa shape index (κ1) is 18.8. The van der Waals surface area contributed by atoms with Crippen LogP contribution in [0, 0.1) is 0 Å². The van der Waals surface area contributed by atoms with Crippen molar-refractivity contribution in [2.24, 2.45) is 0 Å². The van der Waals surface area contributed by atoms with E-state index in [4.69, 9.17) is 15.2 Å². The number of hydrogen-bond acceptors (Lipinski definition) is 5. The van der Waals surface area contributed by atoms with Gasteiger partial charge in [0.1, 0.15) is 11.2 Å². The number of anilines is 1. The van der Waals surface area contributed by atoms with Gasteiger partial charge in [-0.25, -0.2) is 9.59 Å². The number of nitrogen functional groups attached to an aromatic ring is 1. The van der Waals surface area contributed by atoms with Crippen LogP contribution in [-0.4, -0.2) is 23.1 Å². The monoisotopic (exact) mass is 343 g/mol. The number of carbonyl (C=O) groups excluding carboxylic acids is 2. The lowest BCUT2D eigenvalue weighted by Gasteiger charge is -2.20. The summed E-state index contributed by atoms with van der Waals surface area (Å²) in [4.78, 5) is 25.3. The molecular formula is C20H25NO4. The van der Waals surface area contributed by atoms with Crippen molar-refractivity contribution >= 4 is 17.6 Å². The van der Waals surface area contributed by atoms with E-state index in [0.717, 1.165) is 0 Å². The zero-order valence-corrected chi connectivity index (χ0v) is 15.6. The molecule has 2 N–H and O–H groups in total. The predicted octanol–water partition coefficient (Wildman–Crippen LogP) is 4.28. The summed E-state index contributed by atoms with van der Waals surface area (Å²) in [7, 11) is 0. The van der Waals surface area contributed by atoms with Gasteiger partial charge in [-0.15, -0.1) is 0 Å². The minimum atomic E-state index is -0.670. The highest BCUT2D eigenvalue weighted by Crippen LogP contribution is 2.40. The van der Waals surface area contributed by atoms with E-state index in [-0.39, 0.29) is 16.8 Å². The van der Waals surface area contributed by atoms with Crippen molar-refractivity contribution in [2.45, 2.75) is 52.7 Å². The molecule has 134 valence electrons. The van der Waals surface area contributed by atoms with E-state index in [0.29, 0.717) is 11.1 Å². The molecule has 0 aromatic rings. The number of fused-ring (bicyclic) bond motifs is 1. The Kier molecular flexibility index (Phi) is 4.80. The second-order valence-electron chi connectivity index (χ2n) is 7.91. The fraction of sp³-hybridized carbons (Fsp3) is 0.400. The van der Waals surface area contributed by atoms with Gasteiger partial charge in [-0.3, -0.25) is 0 Å². The molecule has 0 bridgehead atoms. The molecule has 0 amide bonds. The lowest BCUT2D eigenvalue weighted by molar-refractivity contribution is 0.00655. The fourth-order valence-electron chi connectivity index (χ4n) is 2.50. The quantitative estimate of drug-likeness (QED) is 0.823. The molecule has 0 saturated carbocycles. The van der Waals surface area contributed by atoms with Gasteiger partial charge in [-0.1, -0.05) is 30.3 Å². The van der Waals surface area contributed by atoms with Gasteiger partial charge in [0, 0.05) is 0 Å². The topological polar surface area (TPSA) is 78.6 Å². The molecule has 0 aromatic heterocycles. The van der Waals surface area contributed by atoms with Crippen LogP contribution in [0.4, 0.5) is 5.69 Å². The van der Waals surface area contributed by atoms with Crippen LogP contribution in [0.25, 0.3) is 11.1 Å². The van der Waals surface area contributed by atoms with Crippen LogP contribution >= 0.6 is 0 Å². The summed E-state index contributed by atoms with van der Waals surface area (Å²) in [6, 6.07) is 8.88. The molecule has 2 rings (SSSR count). The zero-order chi connectivity index (χ0) is 19.0. The minimum Gasteiger partial charge on any atom is -0.456 e.